The van der Waals surface area contributed by atoms with Crippen molar-refractivity contribution in [3.63, 3.8) is 0 Å². The molecule has 0 aliphatic heterocycles. The van der Waals surface area contributed by atoms with Crippen molar-refractivity contribution in [3.8, 4) is 0 Å². The molecular weight excluding hydrogens is 283 g/mol. The number of carbonyl (C=O) groups is 2. The van der Waals surface area contributed by atoms with Gasteiger partial charge in [0.05, 0.1) is 5.56 Å². The number of hydrogen-bond donors (Lipinski definition) is 1. The standard InChI is InChI=1S/C11H10F3NO3S/c1-6(9(15)16)18-10(17)7-2-4-8(5-3-7)19-11(12,13)14/h2-6H,1H3,(H2,15,16)/t6-/m0/s1. The lowest BCUT2D eigenvalue weighted by atomic mass is 10.2. The molecule has 0 bridgehead atoms. The molecular formula is C11H10F3NO3S. The Hall–Kier alpha value is -1.70. The van der Waals surface area contributed by atoms with Crippen LogP contribution < -0.4 is 5.73 Å². The van der Waals surface area contributed by atoms with Gasteiger partial charge in [-0.15, -0.1) is 0 Å². The number of halogens is 3. The minimum Gasteiger partial charge on any atom is -0.449 e. The second kappa shape index (κ2) is 5.96. The molecule has 4 nitrogen and oxygen atoms in total. The smallest absolute Gasteiger partial charge is 0.446 e. The Morgan fingerprint density at radius 2 is 1.79 bits per heavy atom. The van der Waals surface area contributed by atoms with Crippen LogP contribution in [0.3, 0.4) is 0 Å². The van der Waals surface area contributed by atoms with Gasteiger partial charge in [-0.3, -0.25) is 4.79 Å². The van der Waals surface area contributed by atoms with E-state index in [1.165, 1.54) is 19.1 Å². The molecule has 0 aromatic heterocycles. The van der Waals surface area contributed by atoms with Gasteiger partial charge in [-0.1, -0.05) is 0 Å². The fraction of sp³-hybridized carbons (Fsp3) is 0.273. The maximum atomic E-state index is 12.1. The van der Waals surface area contributed by atoms with Gasteiger partial charge in [0, 0.05) is 4.90 Å². The van der Waals surface area contributed by atoms with Gasteiger partial charge in [0.1, 0.15) is 0 Å². The fourth-order valence-electron chi connectivity index (χ4n) is 1.08. The SMILES string of the molecule is C[C@H](OC(=O)c1ccc(SC(F)(F)F)cc1)C(N)=O. The average Bonchev–Trinajstić information content (AvgIpc) is 2.27. The molecule has 104 valence electrons. The van der Waals surface area contributed by atoms with Gasteiger partial charge in [-0.05, 0) is 43.0 Å². The Bertz CT molecular complexity index is 473. The molecule has 19 heavy (non-hydrogen) atoms. The highest BCUT2D eigenvalue weighted by Crippen LogP contribution is 2.36. The van der Waals surface area contributed by atoms with Crippen molar-refractivity contribution < 1.29 is 27.5 Å². The highest BCUT2D eigenvalue weighted by Gasteiger charge is 2.29. The van der Waals surface area contributed by atoms with E-state index in [1.54, 1.807) is 0 Å². The Labute approximate surface area is 111 Å². The van der Waals surface area contributed by atoms with Crippen LogP contribution in [0.5, 0.6) is 0 Å². The van der Waals surface area contributed by atoms with Crippen LogP contribution in [0.15, 0.2) is 29.2 Å². The average molecular weight is 293 g/mol. The predicted molar refractivity (Wildman–Crippen MR) is 62.4 cm³/mol. The van der Waals surface area contributed by atoms with E-state index in [0.29, 0.717) is 0 Å². The summed E-state index contributed by atoms with van der Waals surface area (Å²) in [5.41, 5.74) is 0.566. The lowest BCUT2D eigenvalue weighted by molar-refractivity contribution is -0.125. The van der Waals surface area contributed by atoms with Crippen molar-refractivity contribution in [2.24, 2.45) is 5.73 Å². The molecule has 0 saturated carbocycles. The van der Waals surface area contributed by atoms with Crippen molar-refractivity contribution in [1.29, 1.82) is 0 Å². The highest BCUT2D eigenvalue weighted by molar-refractivity contribution is 8.00. The summed E-state index contributed by atoms with van der Waals surface area (Å²) in [6, 6.07) is 4.65. The third kappa shape index (κ3) is 5.21. The zero-order chi connectivity index (χ0) is 14.6. The number of nitrogens with two attached hydrogens (primary N) is 1. The van der Waals surface area contributed by atoms with Gasteiger partial charge in [-0.2, -0.15) is 13.2 Å². The summed E-state index contributed by atoms with van der Waals surface area (Å²) in [4.78, 5) is 22.1. The molecule has 8 heteroatoms. The Kier molecular flexibility index (Phi) is 4.82. The normalized spacial score (nSPS) is 12.8. The Morgan fingerprint density at radius 3 is 2.21 bits per heavy atom. The van der Waals surface area contributed by atoms with Gasteiger partial charge < -0.3 is 10.5 Å². The second-order valence-corrected chi connectivity index (χ2v) is 4.66. The summed E-state index contributed by atoms with van der Waals surface area (Å²) in [7, 11) is 0. The summed E-state index contributed by atoms with van der Waals surface area (Å²) >= 11 is -0.286. The third-order valence-corrected chi connectivity index (χ3v) is 2.75. The molecule has 0 heterocycles. The lowest BCUT2D eigenvalue weighted by Crippen LogP contribution is -2.30. The second-order valence-electron chi connectivity index (χ2n) is 3.52. The van der Waals surface area contributed by atoms with Gasteiger partial charge >= 0.3 is 11.5 Å². The maximum absolute atomic E-state index is 12.1. The first kappa shape index (κ1) is 15.4. The Morgan fingerprint density at radius 1 is 1.26 bits per heavy atom. The maximum Gasteiger partial charge on any atom is 0.446 e. The number of thioether (sulfide) groups is 1. The van der Waals surface area contributed by atoms with Crippen LogP contribution in [0.4, 0.5) is 13.2 Å². The molecule has 2 N–H and O–H groups in total. The minimum atomic E-state index is -4.39. The zero-order valence-corrected chi connectivity index (χ0v) is 10.5. The molecule has 0 unspecified atom stereocenters. The number of amides is 1. The van der Waals surface area contributed by atoms with Crippen LogP contribution in [-0.2, 0) is 9.53 Å². The topological polar surface area (TPSA) is 69.4 Å². The number of benzene rings is 1. The molecule has 0 radical (unpaired) electrons. The number of carbonyl (C=O) groups excluding carboxylic acids is 2. The molecule has 1 aromatic carbocycles. The van der Waals surface area contributed by atoms with E-state index in [-0.39, 0.29) is 22.2 Å². The number of primary amides is 1. The lowest BCUT2D eigenvalue weighted by Gasteiger charge is -2.10. The first-order valence-electron chi connectivity index (χ1n) is 5.05. The molecule has 0 fully saturated rings. The van der Waals surface area contributed by atoms with Crippen molar-refractivity contribution in [2.75, 3.05) is 0 Å². The quantitative estimate of drug-likeness (QED) is 0.683. The molecule has 1 rings (SSSR count). The van der Waals surface area contributed by atoms with Gasteiger partial charge in [-0.25, -0.2) is 4.79 Å². The van der Waals surface area contributed by atoms with Gasteiger partial charge in [0.15, 0.2) is 6.10 Å². The van der Waals surface area contributed by atoms with Crippen LogP contribution in [0.25, 0.3) is 0 Å². The minimum absolute atomic E-state index is 0.0413. The number of rotatable bonds is 4. The number of alkyl halides is 3. The van der Waals surface area contributed by atoms with Crippen LogP contribution in [0.2, 0.25) is 0 Å². The molecule has 0 aliphatic rings. The molecule has 1 amide bonds. The largest absolute Gasteiger partial charge is 0.449 e. The molecule has 0 aliphatic carbocycles. The summed E-state index contributed by atoms with van der Waals surface area (Å²) in [6.07, 6.45) is -1.10. The van der Waals surface area contributed by atoms with Crippen LogP contribution >= 0.6 is 11.8 Å². The van der Waals surface area contributed by atoms with E-state index in [0.717, 1.165) is 12.1 Å². The van der Waals surface area contributed by atoms with E-state index < -0.39 is 23.5 Å². The third-order valence-electron chi connectivity index (χ3n) is 2.01. The van der Waals surface area contributed by atoms with E-state index in [1.807, 2.05) is 0 Å². The Balaban J connectivity index is 2.71. The van der Waals surface area contributed by atoms with E-state index >= 15 is 0 Å². The van der Waals surface area contributed by atoms with Gasteiger partial charge in [0.25, 0.3) is 5.91 Å². The number of ether oxygens (including phenoxy) is 1. The van der Waals surface area contributed by atoms with Crippen LogP contribution in [0, 0.1) is 0 Å². The fourth-order valence-corrected chi connectivity index (χ4v) is 1.62. The predicted octanol–water partition coefficient (Wildman–Crippen LogP) is 2.33. The molecule has 0 spiro atoms. The van der Waals surface area contributed by atoms with Gasteiger partial charge in [0.2, 0.25) is 0 Å². The molecule has 0 saturated heterocycles. The highest BCUT2D eigenvalue weighted by atomic mass is 32.2. The summed E-state index contributed by atoms with van der Waals surface area (Å²) < 4.78 is 40.9. The number of hydrogen-bond acceptors (Lipinski definition) is 4. The first-order chi connectivity index (χ1) is 8.69. The summed E-state index contributed by atoms with van der Waals surface area (Å²) in [5, 5.41) is 0. The summed E-state index contributed by atoms with van der Waals surface area (Å²) in [5.74, 6) is -1.63. The monoisotopic (exact) mass is 293 g/mol. The van der Waals surface area contributed by atoms with Crippen molar-refractivity contribution in [2.45, 2.75) is 23.4 Å². The van der Waals surface area contributed by atoms with Crippen molar-refractivity contribution >= 4 is 23.6 Å². The molecule has 1 aromatic rings. The zero-order valence-electron chi connectivity index (χ0n) is 9.73. The van der Waals surface area contributed by atoms with Crippen molar-refractivity contribution in [1.82, 2.24) is 0 Å². The molecule has 1 atom stereocenters. The van der Waals surface area contributed by atoms with E-state index in [4.69, 9.17) is 10.5 Å². The number of esters is 1. The first-order valence-corrected chi connectivity index (χ1v) is 5.87. The van der Waals surface area contributed by atoms with Crippen LogP contribution in [-0.4, -0.2) is 23.5 Å². The van der Waals surface area contributed by atoms with E-state index in [9.17, 15) is 22.8 Å². The summed E-state index contributed by atoms with van der Waals surface area (Å²) in [6.45, 7) is 1.30. The van der Waals surface area contributed by atoms with Crippen LogP contribution in [0.1, 0.15) is 17.3 Å². The van der Waals surface area contributed by atoms with Crippen molar-refractivity contribution in [3.05, 3.63) is 29.8 Å². The van der Waals surface area contributed by atoms with E-state index in [2.05, 4.69) is 0 Å².